The smallest absolute Gasteiger partial charge is 0.238 e. The van der Waals surface area contributed by atoms with E-state index in [9.17, 15) is 14.0 Å². The normalized spacial score (nSPS) is 18.5. The van der Waals surface area contributed by atoms with Crippen LogP contribution in [-0.2, 0) is 9.59 Å². The number of nitrogens with two attached hydrogens (primary N) is 1. The zero-order valence-electron chi connectivity index (χ0n) is 11.9. The van der Waals surface area contributed by atoms with Crippen molar-refractivity contribution in [2.24, 2.45) is 0 Å². The number of nitrogens with one attached hydrogen (secondary N) is 2. The number of rotatable bonds is 4. The van der Waals surface area contributed by atoms with E-state index in [2.05, 4.69) is 10.6 Å². The van der Waals surface area contributed by atoms with Crippen molar-refractivity contribution in [1.29, 1.82) is 0 Å². The Morgan fingerprint density at radius 3 is 2.90 bits per heavy atom. The van der Waals surface area contributed by atoms with Crippen LogP contribution in [0.2, 0.25) is 0 Å². The Hall–Kier alpha value is -2.15. The molecule has 2 rings (SSSR count). The summed E-state index contributed by atoms with van der Waals surface area (Å²) in [4.78, 5) is 25.6. The van der Waals surface area contributed by atoms with E-state index in [0.717, 1.165) is 18.9 Å². The van der Waals surface area contributed by atoms with Crippen molar-refractivity contribution < 1.29 is 14.0 Å². The molecule has 114 valence electrons. The first-order chi connectivity index (χ1) is 10.0. The van der Waals surface area contributed by atoms with Gasteiger partial charge in [-0.3, -0.25) is 14.5 Å². The summed E-state index contributed by atoms with van der Waals surface area (Å²) < 4.78 is 12.9. The maximum absolute atomic E-state index is 12.9. The lowest BCUT2D eigenvalue weighted by atomic mass is 10.2. The predicted molar refractivity (Wildman–Crippen MR) is 78.1 cm³/mol. The lowest BCUT2D eigenvalue weighted by Gasteiger charge is -2.22. The van der Waals surface area contributed by atoms with Crippen LogP contribution < -0.4 is 16.4 Å². The van der Waals surface area contributed by atoms with Gasteiger partial charge in [-0.05, 0) is 37.6 Å². The third-order valence-corrected chi connectivity index (χ3v) is 3.55. The molecule has 1 aromatic rings. The Balaban J connectivity index is 1.96. The van der Waals surface area contributed by atoms with Crippen LogP contribution in [0.15, 0.2) is 18.2 Å². The van der Waals surface area contributed by atoms with Crippen molar-refractivity contribution in [3.63, 3.8) is 0 Å². The fourth-order valence-corrected chi connectivity index (χ4v) is 2.50. The average Bonchev–Trinajstić information content (AvgIpc) is 2.89. The summed E-state index contributed by atoms with van der Waals surface area (Å²) in [5.41, 5.74) is 6.19. The lowest BCUT2D eigenvalue weighted by molar-refractivity contribution is -0.126. The highest BCUT2D eigenvalue weighted by atomic mass is 19.1. The molecule has 0 saturated carbocycles. The quantitative estimate of drug-likeness (QED) is 0.708. The number of amides is 2. The van der Waals surface area contributed by atoms with Crippen LogP contribution >= 0.6 is 0 Å². The van der Waals surface area contributed by atoms with Gasteiger partial charge in [-0.15, -0.1) is 0 Å². The molecule has 0 aliphatic carbocycles. The van der Waals surface area contributed by atoms with Gasteiger partial charge in [0.1, 0.15) is 5.82 Å². The number of nitrogens with zero attached hydrogens (tertiary/aromatic N) is 1. The molecule has 1 unspecified atom stereocenters. The van der Waals surface area contributed by atoms with E-state index in [1.54, 1.807) is 7.05 Å². The molecule has 1 saturated heterocycles. The zero-order chi connectivity index (χ0) is 15.4. The molecular weight excluding hydrogens is 275 g/mol. The Morgan fingerprint density at radius 2 is 2.24 bits per heavy atom. The molecule has 1 aliphatic rings. The van der Waals surface area contributed by atoms with Gasteiger partial charge in [0.15, 0.2) is 0 Å². The fraction of sp³-hybridized carbons (Fsp3) is 0.429. The van der Waals surface area contributed by atoms with Crippen molar-refractivity contribution in [3.8, 4) is 0 Å². The van der Waals surface area contributed by atoms with Crippen molar-refractivity contribution in [2.75, 3.05) is 31.2 Å². The van der Waals surface area contributed by atoms with Gasteiger partial charge in [0, 0.05) is 7.05 Å². The Labute approximate surface area is 122 Å². The molecule has 1 atom stereocenters. The number of likely N-dealkylation sites (N-methyl/N-ethyl adjacent to an activating group) is 1. The fourth-order valence-electron chi connectivity index (χ4n) is 2.50. The Morgan fingerprint density at radius 1 is 1.48 bits per heavy atom. The van der Waals surface area contributed by atoms with Crippen LogP contribution in [0.3, 0.4) is 0 Å². The topological polar surface area (TPSA) is 87.5 Å². The molecule has 4 N–H and O–H groups in total. The molecule has 1 heterocycles. The van der Waals surface area contributed by atoms with Crippen LogP contribution in [0.4, 0.5) is 15.8 Å². The SMILES string of the molecule is CNC(=O)C1CCCN1CC(=O)Nc1ccc(F)cc1N. The number of likely N-dealkylation sites (tertiary alicyclic amines) is 1. The van der Waals surface area contributed by atoms with E-state index < -0.39 is 5.82 Å². The van der Waals surface area contributed by atoms with Crippen molar-refractivity contribution in [3.05, 3.63) is 24.0 Å². The summed E-state index contributed by atoms with van der Waals surface area (Å²) in [5, 5.41) is 5.24. The van der Waals surface area contributed by atoms with Gasteiger partial charge >= 0.3 is 0 Å². The van der Waals surface area contributed by atoms with Crippen molar-refractivity contribution >= 4 is 23.2 Å². The number of carbonyl (C=O) groups is 2. The van der Waals surface area contributed by atoms with Gasteiger partial charge in [0.25, 0.3) is 0 Å². The van der Waals surface area contributed by atoms with E-state index >= 15 is 0 Å². The number of hydrogen-bond acceptors (Lipinski definition) is 4. The number of anilines is 2. The van der Waals surface area contributed by atoms with Crippen LogP contribution in [0.5, 0.6) is 0 Å². The molecule has 2 amide bonds. The number of benzene rings is 1. The second kappa shape index (κ2) is 6.53. The number of hydrogen-bond donors (Lipinski definition) is 3. The van der Waals surface area contributed by atoms with Gasteiger partial charge < -0.3 is 16.4 Å². The molecule has 0 bridgehead atoms. The minimum Gasteiger partial charge on any atom is -0.397 e. The van der Waals surface area contributed by atoms with Gasteiger partial charge in [0.2, 0.25) is 11.8 Å². The van der Waals surface area contributed by atoms with Gasteiger partial charge in [-0.1, -0.05) is 0 Å². The monoisotopic (exact) mass is 294 g/mol. The molecule has 1 aliphatic heterocycles. The third-order valence-electron chi connectivity index (χ3n) is 3.55. The molecule has 0 spiro atoms. The van der Waals surface area contributed by atoms with Crippen molar-refractivity contribution in [2.45, 2.75) is 18.9 Å². The third kappa shape index (κ3) is 3.69. The van der Waals surface area contributed by atoms with Crippen LogP contribution in [-0.4, -0.2) is 42.9 Å². The second-order valence-electron chi connectivity index (χ2n) is 5.02. The first-order valence-electron chi connectivity index (χ1n) is 6.82. The molecule has 0 radical (unpaired) electrons. The summed E-state index contributed by atoms with van der Waals surface area (Å²) in [7, 11) is 1.58. The highest BCUT2D eigenvalue weighted by molar-refractivity contribution is 5.95. The highest BCUT2D eigenvalue weighted by Crippen LogP contribution is 2.20. The zero-order valence-corrected chi connectivity index (χ0v) is 11.9. The molecule has 1 aromatic carbocycles. The van der Waals surface area contributed by atoms with Gasteiger partial charge in [-0.2, -0.15) is 0 Å². The Bertz CT molecular complexity index is 550. The second-order valence-corrected chi connectivity index (χ2v) is 5.02. The van der Waals surface area contributed by atoms with E-state index in [1.807, 2.05) is 4.90 Å². The molecule has 21 heavy (non-hydrogen) atoms. The first kappa shape index (κ1) is 15.2. The average molecular weight is 294 g/mol. The highest BCUT2D eigenvalue weighted by Gasteiger charge is 2.31. The maximum atomic E-state index is 12.9. The molecule has 6 nitrogen and oxygen atoms in total. The minimum atomic E-state index is -0.454. The van der Waals surface area contributed by atoms with Crippen molar-refractivity contribution in [1.82, 2.24) is 10.2 Å². The minimum absolute atomic E-state index is 0.0819. The summed E-state index contributed by atoms with van der Waals surface area (Å²) in [6.45, 7) is 0.805. The molecular formula is C14H19FN4O2. The predicted octanol–water partition coefficient (Wildman–Crippen LogP) is 0.557. The lowest BCUT2D eigenvalue weighted by Crippen LogP contribution is -2.45. The molecule has 7 heteroatoms. The summed E-state index contributed by atoms with van der Waals surface area (Å²) >= 11 is 0. The van der Waals surface area contributed by atoms with E-state index in [0.29, 0.717) is 12.2 Å². The number of nitrogen functional groups attached to an aromatic ring is 1. The molecule has 1 fully saturated rings. The van der Waals surface area contributed by atoms with Crippen LogP contribution in [0.25, 0.3) is 0 Å². The molecule has 0 aromatic heterocycles. The Kier molecular flexibility index (Phi) is 4.74. The standard InChI is InChI=1S/C14H19FN4O2/c1-17-14(21)12-3-2-6-19(12)8-13(20)18-11-5-4-9(15)7-10(11)16/h4-5,7,12H,2-3,6,8,16H2,1H3,(H,17,21)(H,18,20). The largest absolute Gasteiger partial charge is 0.397 e. The van der Waals surface area contributed by atoms with Gasteiger partial charge in [0.05, 0.1) is 24.0 Å². The van der Waals surface area contributed by atoms with Crippen LogP contribution in [0, 0.1) is 5.82 Å². The van der Waals surface area contributed by atoms with Crippen LogP contribution in [0.1, 0.15) is 12.8 Å². The summed E-state index contributed by atoms with van der Waals surface area (Å²) in [6, 6.07) is 3.53. The van der Waals surface area contributed by atoms with Gasteiger partial charge in [-0.25, -0.2) is 4.39 Å². The maximum Gasteiger partial charge on any atom is 0.238 e. The number of halogens is 1. The van der Waals surface area contributed by atoms with E-state index in [-0.39, 0.29) is 30.1 Å². The summed E-state index contributed by atoms with van der Waals surface area (Å²) in [5.74, 6) is -0.810. The van der Waals surface area contributed by atoms with E-state index in [4.69, 9.17) is 5.73 Å². The first-order valence-corrected chi connectivity index (χ1v) is 6.82. The summed E-state index contributed by atoms with van der Waals surface area (Å²) in [6.07, 6.45) is 1.62. The van der Waals surface area contributed by atoms with E-state index in [1.165, 1.54) is 12.1 Å². The number of carbonyl (C=O) groups excluding carboxylic acids is 2.